The standard InChI is InChI=1S/C15H12F3N5O2S/c1-8-7-26-14-20-9(2)13(22(8)14)6-19-21-11-4-3-10(15(16,17)18)5-12(11)23(24)25/h3-7,21H,1-2H3/b19-6+. The number of nitro benzene ring substituents is 1. The van der Waals surface area contributed by atoms with Gasteiger partial charge in [0.05, 0.1) is 28.1 Å². The number of hydrogen-bond donors (Lipinski definition) is 1. The van der Waals surface area contributed by atoms with Gasteiger partial charge in [-0.05, 0) is 26.0 Å². The minimum Gasteiger partial charge on any atom is -0.286 e. The smallest absolute Gasteiger partial charge is 0.286 e. The number of benzene rings is 1. The first-order valence-electron chi connectivity index (χ1n) is 7.26. The van der Waals surface area contributed by atoms with Gasteiger partial charge in [0, 0.05) is 17.1 Å². The molecule has 26 heavy (non-hydrogen) atoms. The van der Waals surface area contributed by atoms with Gasteiger partial charge in [0.2, 0.25) is 0 Å². The summed E-state index contributed by atoms with van der Waals surface area (Å²) in [6.07, 6.45) is -3.24. The van der Waals surface area contributed by atoms with Crippen molar-refractivity contribution in [1.82, 2.24) is 9.38 Å². The number of halogens is 3. The second-order valence-corrected chi connectivity index (χ2v) is 6.27. The normalized spacial score (nSPS) is 12.2. The molecule has 0 saturated heterocycles. The second-order valence-electron chi connectivity index (χ2n) is 5.43. The van der Waals surface area contributed by atoms with Crippen LogP contribution in [0.1, 0.15) is 22.6 Å². The molecule has 0 bridgehead atoms. The third-order valence-corrected chi connectivity index (χ3v) is 4.59. The number of nitro groups is 1. The fourth-order valence-corrected chi connectivity index (χ4v) is 3.31. The van der Waals surface area contributed by atoms with Gasteiger partial charge in [-0.15, -0.1) is 11.3 Å². The van der Waals surface area contributed by atoms with E-state index in [-0.39, 0.29) is 5.69 Å². The van der Waals surface area contributed by atoms with Crippen molar-refractivity contribution in [3.8, 4) is 0 Å². The molecule has 3 aromatic rings. The number of hydrazone groups is 1. The van der Waals surface area contributed by atoms with Gasteiger partial charge in [-0.2, -0.15) is 18.3 Å². The zero-order valence-corrected chi connectivity index (χ0v) is 14.4. The zero-order chi connectivity index (χ0) is 19.1. The third kappa shape index (κ3) is 3.25. The number of anilines is 1. The molecule has 0 radical (unpaired) electrons. The molecule has 0 amide bonds. The second kappa shape index (κ2) is 6.41. The third-order valence-electron chi connectivity index (χ3n) is 3.65. The lowest BCUT2D eigenvalue weighted by Crippen LogP contribution is -2.07. The maximum atomic E-state index is 12.7. The van der Waals surface area contributed by atoms with Gasteiger partial charge in [0.1, 0.15) is 5.69 Å². The van der Waals surface area contributed by atoms with E-state index in [2.05, 4.69) is 15.5 Å². The highest BCUT2D eigenvalue weighted by Crippen LogP contribution is 2.35. The summed E-state index contributed by atoms with van der Waals surface area (Å²) in [4.78, 5) is 15.3. The Kier molecular flexibility index (Phi) is 4.40. The molecule has 0 unspecified atom stereocenters. The maximum Gasteiger partial charge on any atom is 0.416 e. The van der Waals surface area contributed by atoms with E-state index >= 15 is 0 Å². The molecule has 11 heteroatoms. The fourth-order valence-electron chi connectivity index (χ4n) is 2.39. The number of hydrogen-bond acceptors (Lipinski definition) is 6. The highest BCUT2D eigenvalue weighted by Gasteiger charge is 2.33. The number of fused-ring (bicyclic) bond motifs is 1. The Labute approximate surface area is 148 Å². The van der Waals surface area contributed by atoms with Crippen molar-refractivity contribution in [2.45, 2.75) is 20.0 Å². The van der Waals surface area contributed by atoms with Crippen molar-refractivity contribution < 1.29 is 18.1 Å². The zero-order valence-electron chi connectivity index (χ0n) is 13.5. The summed E-state index contributed by atoms with van der Waals surface area (Å²) in [6.45, 7) is 3.69. The predicted molar refractivity (Wildman–Crippen MR) is 91.9 cm³/mol. The van der Waals surface area contributed by atoms with Gasteiger partial charge >= 0.3 is 6.18 Å². The lowest BCUT2D eigenvalue weighted by atomic mass is 10.1. The van der Waals surface area contributed by atoms with Crippen molar-refractivity contribution in [1.29, 1.82) is 0 Å². The Bertz CT molecular complexity index is 1020. The monoisotopic (exact) mass is 383 g/mol. The summed E-state index contributed by atoms with van der Waals surface area (Å²) >= 11 is 1.46. The molecule has 2 aromatic heterocycles. The van der Waals surface area contributed by atoms with Crippen LogP contribution in [0.4, 0.5) is 24.5 Å². The van der Waals surface area contributed by atoms with E-state index in [4.69, 9.17) is 0 Å². The van der Waals surface area contributed by atoms with E-state index in [0.29, 0.717) is 17.5 Å². The van der Waals surface area contributed by atoms with Crippen LogP contribution in [0, 0.1) is 24.0 Å². The highest BCUT2D eigenvalue weighted by molar-refractivity contribution is 7.15. The highest BCUT2D eigenvalue weighted by atomic mass is 32.1. The first kappa shape index (κ1) is 17.9. The average Bonchev–Trinajstić information content (AvgIpc) is 3.06. The molecule has 0 fully saturated rings. The molecule has 136 valence electrons. The Balaban J connectivity index is 1.91. The van der Waals surface area contributed by atoms with Crippen LogP contribution in [0.25, 0.3) is 4.96 Å². The number of nitrogens with one attached hydrogen (secondary N) is 1. The molecule has 0 spiro atoms. The van der Waals surface area contributed by atoms with Crippen molar-refractivity contribution in [2.75, 3.05) is 5.43 Å². The van der Waals surface area contributed by atoms with E-state index in [1.165, 1.54) is 17.6 Å². The lowest BCUT2D eigenvalue weighted by Gasteiger charge is -2.08. The van der Waals surface area contributed by atoms with E-state index in [1.807, 2.05) is 16.7 Å². The molecule has 0 saturated carbocycles. The maximum absolute atomic E-state index is 12.7. The summed E-state index contributed by atoms with van der Waals surface area (Å²) in [5.41, 5.74) is 2.84. The van der Waals surface area contributed by atoms with Crippen molar-refractivity contribution in [3.63, 3.8) is 0 Å². The molecule has 0 aliphatic rings. The van der Waals surface area contributed by atoms with Gasteiger partial charge in [0.15, 0.2) is 4.96 Å². The molecule has 0 aliphatic carbocycles. The van der Waals surface area contributed by atoms with Crippen LogP contribution < -0.4 is 5.43 Å². The van der Waals surface area contributed by atoms with E-state index in [1.54, 1.807) is 6.92 Å². The topological polar surface area (TPSA) is 84.8 Å². The summed E-state index contributed by atoms with van der Waals surface area (Å²) in [5, 5.41) is 16.9. The first-order chi connectivity index (χ1) is 12.2. The number of rotatable bonds is 4. The predicted octanol–water partition coefficient (Wildman–Crippen LogP) is 4.39. The average molecular weight is 383 g/mol. The van der Waals surface area contributed by atoms with Crippen molar-refractivity contribution >= 4 is 33.9 Å². The number of imidazole rings is 1. The van der Waals surface area contributed by atoms with Crippen LogP contribution in [0.2, 0.25) is 0 Å². The minimum absolute atomic E-state index is 0.139. The Morgan fingerprint density at radius 2 is 2.12 bits per heavy atom. The number of alkyl halides is 3. The molecule has 3 rings (SSSR count). The lowest BCUT2D eigenvalue weighted by molar-refractivity contribution is -0.384. The molecule has 1 N–H and O–H groups in total. The Morgan fingerprint density at radius 3 is 2.77 bits per heavy atom. The quantitative estimate of drug-likeness (QED) is 0.411. The minimum atomic E-state index is -4.66. The van der Waals surface area contributed by atoms with Gasteiger partial charge < -0.3 is 0 Å². The van der Waals surface area contributed by atoms with Crippen LogP contribution in [0.5, 0.6) is 0 Å². The van der Waals surface area contributed by atoms with Gasteiger partial charge in [-0.1, -0.05) is 0 Å². The molecule has 0 aliphatic heterocycles. The van der Waals surface area contributed by atoms with Crippen LogP contribution in [-0.4, -0.2) is 20.5 Å². The SMILES string of the molecule is Cc1nc2scc(C)n2c1/C=N/Nc1ccc(C(F)(F)F)cc1[N+](=O)[O-]. The van der Waals surface area contributed by atoms with Gasteiger partial charge in [-0.25, -0.2) is 4.98 Å². The van der Waals surface area contributed by atoms with E-state index in [9.17, 15) is 23.3 Å². The molecular formula is C15H12F3N5O2S. The molecule has 1 aromatic carbocycles. The summed E-state index contributed by atoms with van der Waals surface area (Å²) in [7, 11) is 0. The van der Waals surface area contributed by atoms with Crippen LogP contribution in [0.15, 0.2) is 28.7 Å². The molecule has 0 atom stereocenters. The van der Waals surface area contributed by atoms with Crippen LogP contribution in [0.3, 0.4) is 0 Å². The number of thiazole rings is 1. The molecular weight excluding hydrogens is 371 g/mol. The van der Waals surface area contributed by atoms with Crippen LogP contribution >= 0.6 is 11.3 Å². The number of nitrogens with zero attached hydrogens (tertiary/aromatic N) is 4. The molecule has 2 heterocycles. The summed E-state index contributed by atoms with van der Waals surface area (Å²) in [5.74, 6) is 0. The summed E-state index contributed by atoms with van der Waals surface area (Å²) < 4.78 is 40.0. The number of aromatic nitrogens is 2. The van der Waals surface area contributed by atoms with Gasteiger partial charge in [-0.3, -0.25) is 19.9 Å². The molecule has 7 nitrogen and oxygen atoms in total. The fraction of sp³-hybridized carbons (Fsp3) is 0.200. The van der Waals surface area contributed by atoms with Crippen molar-refractivity contribution in [3.05, 3.63) is 56.3 Å². The Hall–Kier alpha value is -2.95. The summed E-state index contributed by atoms with van der Waals surface area (Å²) in [6, 6.07) is 2.21. The van der Waals surface area contributed by atoms with Crippen LogP contribution in [-0.2, 0) is 6.18 Å². The first-order valence-corrected chi connectivity index (χ1v) is 8.14. The van der Waals surface area contributed by atoms with Crippen molar-refractivity contribution in [2.24, 2.45) is 5.10 Å². The Morgan fingerprint density at radius 1 is 1.38 bits per heavy atom. The van der Waals surface area contributed by atoms with Gasteiger partial charge in [0.25, 0.3) is 5.69 Å². The van der Waals surface area contributed by atoms with E-state index < -0.39 is 22.4 Å². The largest absolute Gasteiger partial charge is 0.416 e. The number of aryl methyl sites for hydroxylation is 2. The van der Waals surface area contributed by atoms with E-state index in [0.717, 1.165) is 22.8 Å².